The van der Waals surface area contributed by atoms with E-state index in [9.17, 15) is 4.39 Å². The molecule has 4 nitrogen and oxygen atoms in total. The molecule has 0 aliphatic heterocycles. The van der Waals surface area contributed by atoms with Crippen LogP contribution in [0.3, 0.4) is 0 Å². The second-order valence-corrected chi connectivity index (χ2v) is 4.73. The van der Waals surface area contributed by atoms with Crippen LogP contribution in [0.1, 0.15) is 18.1 Å². The summed E-state index contributed by atoms with van der Waals surface area (Å²) in [5.41, 5.74) is 9.11. The molecular weight excluding hydrogens is 269 g/mol. The minimum Gasteiger partial charge on any atom is -0.409 e. The molecule has 0 fully saturated rings. The first-order valence-corrected chi connectivity index (χ1v) is 6.68. The Kier molecular flexibility index (Phi) is 4.42. The molecule has 0 saturated heterocycles. The topological polar surface area (TPSA) is 61.8 Å². The van der Waals surface area contributed by atoms with Crippen molar-refractivity contribution >= 4 is 17.2 Å². The lowest BCUT2D eigenvalue weighted by molar-refractivity contribution is 0.318. The molecule has 2 aromatic rings. The van der Waals surface area contributed by atoms with Crippen molar-refractivity contribution in [2.45, 2.75) is 13.8 Å². The molecule has 0 bridgehead atoms. The van der Waals surface area contributed by atoms with Gasteiger partial charge in [0.1, 0.15) is 5.82 Å². The summed E-state index contributed by atoms with van der Waals surface area (Å²) in [5, 5.41) is 12.0. The fourth-order valence-corrected chi connectivity index (χ4v) is 2.25. The molecule has 0 aliphatic rings. The zero-order valence-corrected chi connectivity index (χ0v) is 12.0. The SMILES string of the molecule is CCN(c1ccc(F)cc1)c1cc(C)ccc1C(N)=NO. The summed E-state index contributed by atoms with van der Waals surface area (Å²) in [7, 11) is 0. The van der Waals surface area contributed by atoms with Crippen LogP contribution in [-0.2, 0) is 0 Å². The number of aryl methyl sites for hydroxylation is 1. The van der Waals surface area contributed by atoms with Crippen LogP contribution in [0.15, 0.2) is 47.6 Å². The third-order valence-corrected chi connectivity index (χ3v) is 3.28. The Bertz CT molecular complexity index is 653. The molecule has 2 rings (SSSR count). The van der Waals surface area contributed by atoms with Crippen LogP contribution >= 0.6 is 0 Å². The highest BCUT2D eigenvalue weighted by Gasteiger charge is 2.15. The summed E-state index contributed by atoms with van der Waals surface area (Å²) in [6.07, 6.45) is 0. The van der Waals surface area contributed by atoms with Crippen molar-refractivity contribution in [3.05, 3.63) is 59.4 Å². The normalized spacial score (nSPS) is 11.5. The van der Waals surface area contributed by atoms with Gasteiger partial charge in [-0.25, -0.2) is 4.39 Å². The molecule has 0 atom stereocenters. The van der Waals surface area contributed by atoms with Gasteiger partial charge in [-0.1, -0.05) is 11.2 Å². The molecule has 0 spiro atoms. The molecule has 5 heteroatoms. The van der Waals surface area contributed by atoms with E-state index >= 15 is 0 Å². The Morgan fingerprint density at radius 1 is 1.24 bits per heavy atom. The number of nitrogens with zero attached hydrogens (tertiary/aromatic N) is 2. The molecule has 0 unspecified atom stereocenters. The Hall–Kier alpha value is -2.56. The van der Waals surface area contributed by atoms with E-state index in [1.165, 1.54) is 12.1 Å². The second-order valence-electron chi connectivity index (χ2n) is 4.73. The van der Waals surface area contributed by atoms with Crippen molar-refractivity contribution in [1.29, 1.82) is 0 Å². The lowest BCUT2D eigenvalue weighted by Gasteiger charge is -2.26. The number of nitrogens with two attached hydrogens (primary N) is 1. The van der Waals surface area contributed by atoms with E-state index in [0.717, 1.165) is 16.9 Å². The Balaban J connectivity index is 2.56. The van der Waals surface area contributed by atoms with Gasteiger partial charge in [0.15, 0.2) is 5.84 Å². The summed E-state index contributed by atoms with van der Waals surface area (Å²) in [6, 6.07) is 11.9. The third-order valence-electron chi connectivity index (χ3n) is 3.28. The van der Waals surface area contributed by atoms with Gasteiger partial charge < -0.3 is 15.8 Å². The highest BCUT2D eigenvalue weighted by atomic mass is 19.1. The van der Waals surface area contributed by atoms with Crippen LogP contribution in [0.2, 0.25) is 0 Å². The number of amidine groups is 1. The summed E-state index contributed by atoms with van der Waals surface area (Å²) < 4.78 is 13.1. The first-order chi connectivity index (χ1) is 10.1. The quantitative estimate of drug-likeness (QED) is 0.392. The average molecular weight is 287 g/mol. The summed E-state index contributed by atoms with van der Waals surface area (Å²) >= 11 is 0. The maximum absolute atomic E-state index is 13.1. The molecule has 0 heterocycles. The standard InChI is InChI=1S/C16H18FN3O/c1-3-20(13-7-5-12(17)6-8-13)15-10-11(2)4-9-14(15)16(18)19-21/h4-10,21H,3H2,1-2H3,(H2,18,19). The molecule has 0 amide bonds. The number of hydrogen-bond acceptors (Lipinski definition) is 3. The molecule has 3 N–H and O–H groups in total. The van der Waals surface area contributed by atoms with Gasteiger partial charge in [-0.2, -0.15) is 0 Å². The third kappa shape index (κ3) is 3.13. The zero-order valence-electron chi connectivity index (χ0n) is 12.0. The second kappa shape index (κ2) is 6.26. The molecule has 0 aliphatic carbocycles. The van der Waals surface area contributed by atoms with Gasteiger partial charge in [-0.15, -0.1) is 0 Å². The van der Waals surface area contributed by atoms with Crippen molar-refractivity contribution < 1.29 is 9.60 Å². The summed E-state index contributed by atoms with van der Waals surface area (Å²) in [5.74, 6) is -0.235. The predicted octanol–water partition coefficient (Wildman–Crippen LogP) is 3.39. The number of benzene rings is 2. The monoisotopic (exact) mass is 287 g/mol. The fourth-order valence-electron chi connectivity index (χ4n) is 2.25. The highest BCUT2D eigenvalue weighted by Crippen LogP contribution is 2.29. The van der Waals surface area contributed by atoms with E-state index in [2.05, 4.69) is 5.16 Å². The number of rotatable bonds is 4. The Morgan fingerprint density at radius 3 is 2.48 bits per heavy atom. The molecule has 0 radical (unpaired) electrons. The smallest absolute Gasteiger partial charge is 0.172 e. The molecule has 2 aromatic carbocycles. The lowest BCUT2D eigenvalue weighted by Crippen LogP contribution is -2.22. The largest absolute Gasteiger partial charge is 0.409 e. The van der Waals surface area contributed by atoms with Gasteiger partial charge in [-0.05, 0) is 55.8 Å². The van der Waals surface area contributed by atoms with E-state index in [0.29, 0.717) is 12.1 Å². The molecule has 0 aromatic heterocycles. The number of halogens is 1. The first-order valence-electron chi connectivity index (χ1n) is 6.68. The fraction of sp³-hybridized carbons (Fsp3) is 0.188. The van der Waals surface area contributed by atoms with Crippen molar-refractivity contribution in [2.75, 3.05) is 11.4 Å². The van der Waals surface area contributed by atoms with Crippen molar-refractivity contribution in [3.8, 4) is 0 Å². The maximum Gasteiger partial charge on any atom is 0.172 e. The number of anilines is 2. The van der Waals surface area contributed by atoms with Gasteiger partial charge in [-0.3, -0.25) is 0 Å². The molecule has 21 heavy (non-hydrogen) atoms. The molecule has 110 valence electrons. The van der Waals surface area contributed by atoms with Crippen LogP contribution < -0.4 is 10.6 Å². The van der Waals surface area contributed by atoms with Crippen molar-refractivity contribution in [1.82, 2.24) is 0 Å². The molecule has 0 saturated carbocycles. The van der Waals surface area contributed by atoms with Gasteiger partial charge in [0.05, 0.1) is 5.69 Å². The average Bonchev–Trinajstić information content (AvgIpc) is 2.49. The van der Waals surface area contributed by atoms with E-state index < -0.39 is 0 Å². The Morgan fingerprint density at radius 2 is 1.90 bits per heavy atom. The van der Waals surface area contributed by atoms with E-state index in [1.807, 2.05) is 36.9 Å². The van der Waals surface area contributed by atoms with Gasteiger partial charge >= 0.3 is 0 Å². The maximum atomic E-state index is 13.1. The van der Waals surface area contributed by atoms with E-state index in [4.69, 9.17) is 10.9 Å². The van der Waals surface area contributed by atoms with Crippen LogP contribution in [0.4, 0.5) is 15.8 Å². The van der Waals surface area contributed by atoms with Gasteiger partial charge in [0.2, 0.25) is 0 Å². The van der Waals surface area contributed by atoms with Crippen molar-refractivity contribution in [2.24, 2.45) is 10.9 Å². The zero-order chi connectivity index (χ0) is 15.4. The number of oxime groups is 1. The number of hydrogen-bond donors (Lipinski definition) is 2. The summed E-state index contributed by atoms with van der Waals surface area (Å²) in [6.45, 7) is 4.63. The minimum absolute atomic E-state index is 0.0468. The van der Waals surface area contributed by atoms with Crippen LogP contribution in [0, 0.1) is 12.7 Å². The lowest BCUT2D eigenvalue weighted by atomic mass is 10.1. The predicted molar refractivity (Wildman–Crippen MR) is 82.8 cm³/mol. The summed E-state index contributed by atoms with van der Waals surface area (Å²) in [4.78, 5) is 1.99. The van der Waals surface area contributed by atoms with Crippen LogP contribution in [0.5, 0.6) is 0 Å². The Labute approximate surface area is 123 Å². The van der Waals surface area contributed by atoms with Crippen LogP contribution in [0.25, 0.3) is 0 Å². The first kappa shape index (κ1) is 14.8. The van der Waals surface area contributed by atoms with Gasteiger partial charge in [0.25, 0.3) is 0 Å². The van der Waals surface area contributed by atoms with Crippen molar-refractivity contribution in [3.63, 3.8) is 0 Å². The minimum atomic E-state index is -0.282. The molecular formula is C16H18FN3O. The van der Waals surface area contributed by atoms with Gasteiger partial charge in [0, 0.05) is 17.8 Å². The van der Waals surface area contributed by atoms with E-state index in [1.54, 1.807) is 12.1 Å². The van der Waals surface area contributed by atoms with Crippen LogP contribution in [-0.4, -0.2) is 17.6 Å². The highest BCUT2D eigenvalue weighted by molar-refractivity contribution is 6.03. The van der Waals surface area contributed by atoms with E-state index in [-0.39, 0.29) is 11.7 Å².